The molecule has 0 spiro atoms. The number of benzene rings is 2. The topological polar surface area (TPSA) is 124 Å². The molecule has 1 amide bonds. The Morgan fingerprint density at radius 1 is 1.18 bits per heavy atom. The third-order valence-electron chi connectivity index (χ3n) is 5.40. The van der Waals surface area contributed by atoms with Crippen molar-refractivity contribution in [1.29, 1.82) is 5.41 Å². The van der Waals surface area contributed by atoms with Gasteiger partial charge in [-0.2, -0.15) is 0 Å². The molecule has 3 aromatic rings. The highest BCUT2D eigenvalue weighted by Crippen LogP contribution is 2.28. The number of carbonyl (C=O) groups excluding carboxylic acids is 1. The van der Waals surface area contributed by atoms with Gasteiger partial charge in [-0.05, 0) is 18.2 Å². The summed E-state index contributed by atoms with van der Waals surface area (Å²) in [6.07, 6.45) is 0. The molecule has 2 heterocycles. The van der Waals surface area contributed by atoms with Crippen LogP contribution < -0.4 is 10.5 Å². The number of hydrogen-bond acceptors (Lipinski definition) is 8. The lowest BCUT2D eigenvalue weighted by atomic mass is 10.0. The van der Waals surface area contributed by atoms with Gasteiger partial charge >= 0.3 is 0 Å². The number of amides is 1. The Hall–Kier alpha value is -3.76. The lowest BCUT2D eigenvalue weighted by Gasteiger charge is -2.26. The lowest BCUT2D eigenvalue weighted by Crippen LogP contribution is -2.40. The standard InChI is InChI=1S/C24H25FN4O5/c1-31-10-11-33-21-13-19(26)17(12-18(21)25)23(27)22-14-20(28-34-22)15-2-4-16(5-3-15)24(30)29-6-8-32-9-7-29/h2-5,12-14,27H,6-11,26H2,1H3. The quantitative estimate of drug-likeness (QED) is 0.296. The van der Waals surface area contributed by atoms with Gasteiger partial charge < -0.3 is 29.4 Å². The molecule has 0 atom stereocenters. The van der Waals surface area contributed by atoms with E-state index in [0.717, 1.165) is 6.07 Å². The number of hydrogen-bond donors (Lipinski definition) is 2. The number of morpholine rings is 1. The molecule has 0 unspecified atom stereocenters. The third-order valence-corrected chi connectivity index (χ3v) is 5.40. The lowest BCUT2D eigenvalue weighted by molar-refractivity contribution is 0.0303. The van der Waals surface area contributed by atoms with Crippen LogP contribution in [0.5, 0.6) is 5.75 Å². The summed E-state index contributed by atoms with van der Waals surface area (Å²) in [7, 11) is 1.52. The first kappa shape index (κ1) is 23.4. The van der Waals surface area contributed by atoms with Crippen molar-refractivity contribution in [3.05, 3.63) is 65.2 Å². The minimum Gasteiger partial charge on any atom is -0.488 e. The largest absolute Gasteiger partial charge is 0.488 e. The minimum atomic E-state index is -0.648. The molecule has 178 valence electrons. The predicted octanol–water partition coefficient (Wildman–Crippen LogP) is 2.98. The molecule has 2 aromatic carbocycles. The van der Waals surface area contributed by atoms with Crippen LogP contribution in [0.3, 0.4) is 0 Å². The SMILES string of the molecule is COCCOc1cc(N)c(C(=N)c2cc(-c3ccc(C(=O)N4CCOCC4)cc3)no2)cc1F. The van der Waals surface area contributed by atoms with Crippen LogP contribution >= 0.6 is 0 Å². The fourth-order valence-corrected chi connectivity index (χ4v) is 3.53. The van der Waals surface area contributed by atoms with E-state index in [9.17, 15) is 9.18 Å². The van der Waals surface area contributed by atoms with Crippen LogP contribution in [0, 0.1) is 11.2 Å². The zero-order chi connectivity index (χ0) is 24.1. The maximum absolute atomic E-state index is 14.4. The van der Waals surface area contributed by atoms with Crippen molar-refractivity contribution in [2.75, 3.05) is 52.4 Å². The molecule has 0 bridgehead atoms. The molecule has 4 rings (SSSR count). The van der Waals surface area contributed by atoms with Gasteiger partial charge in [0.05, 0.1) is 19.8 Å². The monoisotopic (exact) mass is 468 g/mol. The van der Waals surface area contributed by atoms with E-state index >= 15 is 0 Å². The zero-order valence-corrected chi connectivity index (χ0v) is 18.7. The van der Waals surface area contributed by atoms with Gasteiger partial charge in [0.15, 0.2) is 17.3 Å². The number of anilines is 1. The summed E-state index contributed by atoms with van der Waals surface area (Å²) in [5, 5.41) is 12.4. The normalized spacial score (nSPS) is 13.6. The second-order valence-corrected chi connectivity index (χ2v) is 7.64. The summed E-state index contributed by atoms with van der Waals surface area (Å²) in [5.41, 5.74) is 8.00. The number of carbonyl (C=O) groups is 1. The molecule has 3 N–H and O–H groups in total. The van der Waals surface area contributed by atoms with Crippen LogP contribution in [0.1, 0.15) is 21.7 Å². The predicted molar refractivity (Wildman–Crippen MR) is 123 cm³/mol. The maximum atomic E-state index is 14.4. The maximum Gasteiger partial charge on any atom is 0.254 e. The highest BCUT2D eigenvalue weighted by Gasteiger charge is 2.20. The summed E-state index contributed by atoms with van der Waals surface area (Å²) in [6.45, 7) is 2.69. The molecular formula is C24H25FN4O5. The first-order valence-corrected chi connectivity index (χ1v) is 10.7. The first-order valence-electron chi connectivity index (χ1n) is 10.7. The van der Waals surface area contributed by atoms with Crippen molar-refractivity contribution >= 4 is 17.3 Å². The second kappa shape index (κ2) is 10.4. The Bertz CT molecular complexity index is 1170. The molecule has 1 aliphatic heterocycles. The first-order chi connectivity index (χ1) is 16.5. The Labute approximate surface area is 195 Å². The molecule has 34 heavy (non-hydrogen) atoms. The van der Waals surface area contributed by atoms with E-state index in [0.29, 0.717) is 49.7 Å². The number of nitrogens with one attached hydrogen (secondary N) is 1. The number of halogens is 1. The Balaban J connectivity index is 1.48. The summed E-state index contributed by atoms with van der Waals surface area (Å²) in [4.78, 5) is 14.4. The van der Waals surface area contributed by atoms with Crippen molar-refractivity contribution in [3.8, 4) is 17.0 Å². The molecule has 0 aliphatic carbocycles. The van der Waals surface area contributed by atoms with Crippen molar-refractivity contribution in [2.45, 2.75) is 0 Å². The van der Waals surface area contributed by atoms with Crippen molar-refractivity contribution < 1.29 is 27.9 Å². The number of nitrogens with two attached hydrogens (primary N) is 1. The van der Waals surface area contributed by atoms with Gasteiger partial charge in [-0.3, -0.25) is 10.2 Å². The zero-order valence-electron chi connectivity index (χ0n) is 18.7. The van der Waals surface area contributed by atoms with Gasteiger partial charge in [0, 0.05) is 54.7 Å². The van der Waals surface area contributed by atoms with Gasteiger partial charge in [-0.25, -0.2) is 4.39 Å². The summed E-state index contributed by atoms with van der Waals surface area (Å²) >= 11 is 0. The fraction of sp³-hybridized carbons (Fsp3) is 0.292. The number of methoxy groups -OCH3 is 1. The van der Waals surface area contributed by atoms with Crippen LogP contribution in [-0.2, 0) is 9.47 Å². The average Bonchev–Trinajstić information content (AvgIpc) is 3.36. The van der Waals surface area contributed by atoms with Crippen LogP contribution in [0.2, 0.25) is 0 Å². The number of nitrogens with zero attached hydrogens (tertiary/aromatic N) is 2. The van der Waals surface area contributed by atoms with Gasteiger partial charge in [-0.1, -0.05) is 17.3 Å². The van der Waals surface area contributed by atoms with Gasteiger partial charge in [0.2, 0.25) is 0 Å². The molecule has 1 saturated heterocycles. The average molecular weight is 468 g/mol. The number of rotatable bonds is 8. The van der Waals surface area contributed by atoms with E-state index in [1.165, 1.54) is 13.2 Å². The van der Waals surface area contributed by atoms with E-state index in [1.54, 1.807) is 35.2 Å². The number of aromatic nitrogens is 1. The van der Waals surface area contributed by atoms with E-state index in [2.05, 4.69) is 5.16 Å². The van der Waals surface area contributed by atoms with Gasteiger partial charge in [0.25, 0.3) is 5.91 Å². The van der Waals surface area contributed by atoms with Crippen molar-refractivity contribution in [1.82, 2.24) is 10.1 Å². The summed E-state index contributed by atoms with van der Waals surface area (Å²) in [5.74, 6) is -0.589. The van der Waals surface area contributed by atoms with Crippen LogP contribution in [0.15, 0.2) is 47.0 Å². The summed E-state index contributed by atoms with van der Waals surface area (Å²) < 4.78 is 35.2. The van der Waals surface area contributed by atoms with Crippen LogP contribution in [0.25, 0.3) is 11.3 Å². The smallest absolute Gasteiger partial charge is 0.254 e. The Kier molecular flexibility index (Phi) is 7.19. The molecular weight excluding hydrogens is 443 g/mol. The second-order valence-electron chi connectivity index (χ2n) is 7.64. The van der Waals surface area contributed by atoms with Crippen LogP contribution in [-0.4, -0.2) is 68.3 Å². The Morgan fingerprint density at radius 3 is 2.62 bits per heavy atom. The highest BCUT2D eigenvalue weighted by molar-refractivity contribution is 6.12. The van der Waals surface area contributed by atoms with Crippen molar-refractivity contribution in [3.63, 3.8) is 0 Å². The Morgan fingerprint density at radius 2 is 1.91 bits per heavy atom. The molecule has 1 aliphatic rings. The summed E-state index contributed by atoms with van der Waals surface area (Å²) in [6, 6.07) is 11.0. The van der Waals surface area contributed by atoms with Crippen molar-refractivity contribution in [2.24, 2.45) is 0 Å². The number of nitrogen functional groups attached to an aromatic ring is 1. The molecule has 10 heteroatoms. The third kappa shape index (κ3) is 5.08. The highest BCUT2D eigenvalue weighted by atomic mass is 19.1. The molecule has 1 fully saturated rings. The minimum absolute atomic E-state index is 0.0175. The molecule has 1 aromatic heterocycles. The van der Waals surface area contributed by atoms with Gasteiger partial charge in [0.1, 0.15) is 18.0 Å². The van der Waals surface area contributed by atoms with E-state index in [4.69, 9.17) is 29.9 Å². The van der Waals surface area contributed by atoms with E-state index in [-0.39, 0.29) is 41.0 Å². The van der Waals surface area contributed by atoms with Crippen LogP contribution in [0.4, 0.5) is 10.1 Å². The molecule has 0 saturated carbocycles. The van der Waals surface area contributed by atoms with E-state index in [1.807, 2.05) is 0 Å². The molecule has 0 radical (unpaired) electrons. The van der Waals surface area contributed by atoms with Gasteiger partial charge in [-0.15, -0.1) is 0 Å². The number of ether oxygens (including phenoxy) is 3. The molecule has 9 nitrogen and oxygen atoms in total. The fourth-order valence-electron chi connectivity index (χ4n) is 3.53. The van der Waals surface area contributed by atoms with E-state index < -0.39 is 5.82 Å².